The molecule has 0 spiro atoms. The lowest BCUT2D eigenvalue weighted by Gasteiger charge is -2.01. The number of nitrogens with zero attached hydrogens (tertiary/aromatic N) is 4. The van der Waals surface area contributed by atoms with Crippen molar-refractivity contribution in [2.45, 2.75) is 6.92 Å². The van der Waals surface area contributed by atoms with Crippen molar-refractivity contribution in [3.8, 4) is 11.5 Å². The van der Waals surface area contributed by atoms with Crippen LogP contribution in [0.25, 0.3) is 11.5 Å². The van der Waals surface area contributed by atoms with Crippen LogP contribution in [0.5, 0.6) is 0 Å². The summed E-state index contributed by atoms with van der Waals surface area (Å²) in [7, 11) is 1.91. The molecule has 0 aliphatic heterocycles. The topological polar surface area (TPSA) is 43.6 Å². The first kappa shape index (κ1) is 7.91. The number of aryl methyl sites for hydroxylation is 2. The van der Waals surface area contributed by atoms with Crippen LogP contribution < -0.4 is 0 Å². The van der Waals surface area contributed by atoms with Gasteiger partial charge in [0.25, 0.3) is 0 Å². The first-order chi connectivity index (χ1) is 6.29. The van der Waals surface area contributed by atoms with E-state index < -0.39 is 0 Å². The molecule has 2 aromatic rings. The molecule has 2 heterocycles. The number of hydrogen-bond acceptors (Lipinski definition) is 3. The third kappa shape index (κ3) is 1.30. The monoisotopic (exact) mass is 174 g/mol. The zero-order valence-electron chi connectivity index (χ0n) is 7.60. The molecule has 66 valence electrons. The molecule has 2 rings (SSSR count). The SMILES string of the molecule is Cc1cccnc1-c1nncn1C. The highest BCUT2D eigenvalue weighted by molar-refractivity contribution is 5.53. The summed E-state index contributed by atoms with van der Waals surface area (Å²) in [5.74, 6) is 0.804. The molecule has 0 aromatic carbocycles. The molecule has 0 radical (unpaired) electrons. The minimum absolute atomic E-state index is 0.804. The smallest absolute Gasteiger partial charge is 0.182 e. The Labute approximate surface area is 76.3 Å². The van der Waals surface area contributed by atoms with Gasteiger partial charge in [0.1, 0.15) is 12.0 Å². The van der Waals surface area contributed by atoms with Crippen molar-refractivity contribution in [1.29, 1.82) is 0 Å². The van der Waals surface area contributed by atoms with Crippen molar-refractivity contribution in [2.24, 2.45) is 7.05 Å². The summed E-state index contributed by atoms with van der Waals surface area (Å²) in [5.41, 5.74) is 2.00. The maximum Gasteiger partial charge on any atom is 0.182 e. The van der Waals surface area contributed by atoms with E-state index >= 15 is 0 Å². The minimum atomic E-state index is 0.804. The third-order valence-corrected chi connectivity index (χ3v) is 1.93. The molecule has 0 aliphatic carbocycles. The number of pyridine rings is 1. The molecule has 13 heavy (non-hydrogen) atoms. The van der Waals surface area contributed by atoms with Crippen LogP contribution in [0.2, 0.25) is 0 Å². The molecule has 0 N–H and O–H groups in total. The molecule has 0 saturated carbocycles. The lowest BCUT2D eigenvalue weighted by atomic mass is 10.2. The van der Waals surface area contributed by atoms with E-state index in [1.807, 2.05) is 30.7 Å². The summed E-state index contributed by atoms with van der Waals surface area (Å²) < 4.78 is 1.86. The number of rotatable bonds is 1. The summed E-state index contributed by atoms with van der Waals surface area (Å²) in [6, 6.07) is 3.92. The molecule has 0 aliphatic rings. The average molecular weight is 174 g/mol. The number of aromatic nitrogens is 4. The third-order valence-electron chi connectivity index (χ3n) is 1.93. The zero-order valence-corrected chi connectivity index (χ0v) is 7.60. The molecule has 0 atom stereocenters. The van der Waals surface area contributed by atoms with Gasteiger partial charge in [-0.2, -0.15) is 0 Å². The van der Waals surface area contributed by atoms with E-state index in [1.165, 1.54) is 0 Å². The van der Waals surface area contributed by atoms with Crippen LogP contribution in [0.3, 0.4) is 0 Å². The Morgan fingerprint density at radius 2 is 2.23 bits per heavy atom. The summed E-state index contributed by atoms with van der Waals surface area (Å²) in [6.45, 7) is 2.01. The summed E-state index contributed by atoms with van der Waals surface area (Å²) >= 11 is 0. The molecule has 0 amide bonds. The van der Waals surface area contributed by atoms with Gasteiger partial charge in [0.15, 0.2) is 5.82 Å². The van der Waals surface area contributed by atoms with Crippen LogP contribution in [-0.4, -0.2) is 19.7 Å². The first-order valence-corrected chi connectivity index (χ1v) is 4.05. The fraction of sp³-hybridized carbons (Fsp3) is 0.222. The normalized spacial score (nSPS) is 10.3. The second-order valence-corrected chi connectivity index (χ2v) is 2.93. The first-order valence-electron chi connectivity index (χ1n) is 4.05. The van der Waals surface area contributed by atoms with Gasteiger partial charge in [0, 0.05) is 13.2 Å². The maximum atomic E-state index is 4.26. The second kappa shape index (κ2) is 2.97. The quantitative estimate of drug-likeness (QED) is 0.652. The van der Waals surface area contributed by atoms with Crippen molar-refractivity contribution < 1.29 is 0 Å². The molecule has 4 nitrogen and oxygen atoms in total. The Balaban J connectivity index is 2.59. The minimum Gasteiger partial charge on any atom is -0.315 e. The lowest BCUT2D eigenvalue weighted by Crippen LogP contribution is -1.95. The average Bonchev–Trinajstić information content (AvgIpc) is 2.52. The maximum absolute atomic E-state index is 4.26. The van der Waals surface area contributed by atoms with Gasteiger partial charge in [-0.3, -0.25) is 4.98 Å². The van der Waals surface area contributed by atoms with E-state index in [2.05, 4.69) is 15.2 Å². The van der Waals surface area contributed by atoms with Crippen molar-refractivity contribution in [3.05, 3.63) is 30.2 Å². The van der Waals surface area contributed by atoms with Gasteiger partial charge in [-0.25, -0.2) is 0 Å². The van der Waals surface area contributed by atoms with Crippen LogP contribution >= 0.6 is 0 Å². The van der Waals surface area contributed by atoms with Crippen molar-refractivity contribution >= 4 is 0 Å². The largest absolute Gasteiger partial charge is 0.315 e. The molecular weight excluding hydrogens is 164 g/mol. The Kier molecular flexibility index (Phi) is 1.81. The standard InChI is InChI=1S/C9H10N4/c1-7-4-3-5-10-8(7)9-12-11-6-13(9)2/h3-6H,1-2H3. The van der Waals surface area contributed by atoms with Gasteiger partial charge < -0.3 is 4.57 Å². The van der Waals surface area contributed by atoms with E-state index in [9.17, 15) is 0 Å². The predicted octanol–water partition coefficient (Wildman–Crippen LogP) is 1.19. The van der Waals surface area contributed by atoms with Gasteiger partial charge in [-0.1, -0.05) is 6.07 Å². The molecule has 2 aromatic heterocycles. The second-order valence-electron chi connectivity index (χ2n) is 2.93. The van der Waals surface area contributed by atoms with Crippen LogP contribution in [0.15, 0.2) is 24.7 Å². The summed E-state index contributed by atoms with van der Waals surface area (Å²) in [6.07, 6.45) is 3.43. The zero-order chi connectivity index (χ0) is 9.26. The van der Waals surface area contributed by atoms with Gasteiger partial charge in [0.05, 0.1) is 0 Å². The predicted molar refractivity (Wildman–Crippen MR) is 49.0 cm³/mol. The molecule has 0 saturated heterocycles. The summed E-state index contributed by atoms with van der Waals surface area (Å²) in [4.78, 5) is 4.26. The van der Waals surface area contributed by atoms with Crippen molar-refractivity contribution in [1.82, 2.24) is 19.7 Å². The molecular formula is C9H10N4. The fourth-order valence-electron chi connectivity index (χ4n) is 1.22. The van der Waals surface area contributed by atoms with E-state index in [1.54, 1.807) is 12.5 Å². The van der Waals surface area contributed by atoms with E-state index in [0.717, 1.165) is 17.1 Å². The highest BCUT2D eigenvalue weighted by atomic mass is 15.3. The van der Waals surface area contributed by atoms with Gasteiger partial charge in [0.2, 0.25) is 0 Å². The molecule has 0 bridgehead atoms. The molecule has 0 unspecified atom stereocenters. The highest BCUT2D eigenvalue weighted by Gasteiger charge is 2.07. The fourth-order valence-corrected chi connectivity index (χ4v) is 1.22. The van der Waals surface area contributed by atoms with Gasteiger partial charge in [-0.05, 0) is 18.6 Å². The highest BCUT2D eigenvalue weighted by Crippen LogP contribution is 2.16. The van der Waals surface area contributed by atoms with E-state index in [-0.39, 0.29) is 0 Å². The van der Waals surface area contributed by atoms with E-state index in [0.29, 0.717) is 0 Å². The molecule has 4 heteroatoms. The Morgan fingerprint density at radius 3 is 2.85 bits per heavy atom. The van der Waals surface area contributed by atoms with Crippen LogP contribution in [0, 0.1) is 6.92 Å². The van der Waals surface area contributed by atoms with Crippen LogP contribution in [0.4, 0.5) is 0 Å². The molecule has 0 fully saturated rings. The summed E-state index contributed by atoms with van der Waals surface area (Å²) in [5, 5.41) is 7.81. The Morgan fingerprint density at radius 1 is 1.38 bits per heavy atom. The van der Waals surface area contributed by atoms with Crippen LogP contribution in [-0.2, 0) is 7.05 Å². The Bertz CT molecular complexity index is 419. The number of hydrogen-bond donors (Lipinski definition) is 0. The van der Waals surface area contributed by atoms with Gasteiger partial charge >= 0.3 is 0 Å². The Hall–Kier alpha value is -1.71. The van der Waals surface area contributed by atoms with Crippen LogP contribution in [0.1, 0.15) is 5.56 Å². The van der Waals surface area contributed by atoms with Crippen molar-refractivity contribution in [3.63, 3.8) is 0 Å². The van der Waals surface area contributed by atoms with Crippen molar-refractivity contribution in [2.75, 3.05) is 0 Å². The van der Waals surface area contributed by atoms with Gasteiger partial charge in [-0.15, -0.1) is 10.2 Å². The lowest BCUT2D eigenvalue weighted by molar-refractivity contribution is 0.912. The van der Waals surface area contributed by atoms with E-state index in [4.69, 9.17) is 0 Å².